The van der Waals surface area contributed by atoms with Gasteiger partial charge in [0.2, 0.25) is 0 Å². The van der Waals surface area contributed by atoms with Crippen molar-refractivity contribution in [2.45, 2.75) is 27.0 Å². The number of para-hydroxylation sites is 1. The normalized spacial score (nSPS) is 11.2. The molecule has 0 aliphatic carbocycles. The molecule has 8 heteroatoms. The van der Waals surface area contributed by atoms with Crippen LogP contribution in [0.1, 0.15) is 33.3 Å². The fraction of sp³-hybridized carbons (Fsp3) is 0.138. The van der Waals surface area contributed by atoms with Crippen molar-refractivity contribution in [3.63, 3.8) is 0 Å². The summed E-state index contributed by atoms with van der Waals surface area (Å²) in [6, 6.07) is 25.2. The number of benzene rings is 2. The molecule has 0 fully saturated rings. The molecule has 0 spiro atoms. The van der Waals surface area contributed by atoms with Crippen LogP contribution in [-0.2, 0) is 13.2 Å². The Hall–Kier alpha value is -5.03. The zero-order valence-corrected chi connectivity index (χ0v) is 20.5. The Morgan fingerprint density at radius 3 is 2.57 bits per heavy atom. The number of hydrazone groups is 1. The quantitative estimate of drug-likeness (QED) is 0.229. The standard InChI is InChI=1S/C29H25N5O3/c1-20-7-8-21(2)34(20)23-9-11-24(12-10-23)36-19-25-13-14-28(37-25)29(35)32-31-17-22-18-33(16-15-30)27-6-4-3-5-26(22)27/h3-14,17-18H,16,19H2,1-2H3,(H,32,35)/b31-17+. The van der Waals surface area contributed by atoms with Crippen LogP contribution in [0.25, 0.3) is 16.6 Å². The van der Waals surface area contributed by atoms with Crippen LogP contribution >= 0.6 is 0 Å². The van der Waals surface area contributed by atoms with Crippen molar-refractivity contribution in [2.24, 2.45) is 5.10 Å². The number of nitrogens with one attached hydrogen (secondary N) is 1. The molecule has 0 aliphatic rings. The maximum atomic E-state index is 12.5. The van der Waals surface area contributed by atoms with Crippen LogP contribution < -0.4 is 10.2 Å². The van der Waals surface area contributed by atoms with Crippen LogP contribution in [0.2, 0.25) is 0 Å². The number of hydrogen-bond donors (Lipinski definition) is 1. The van der Waals surface area contributed by atoms with Crippen LogP contribution in [-0.4, -0.2) is 21.3 Å². The van der Waals surface area contributed by atoms with Crippen molar-refractivity contribution in [3.8, 4) is 17.5 Å². The molecule has 8 nitrogen and oxygen atoms in total. The fourth-order valence-electron chi connectivity index (χ4n) is 4.30. The number of carbonyl (C=O) groups excluding carboxylic acids is 1. The first-order valence-electron chi connectivity index (χ1n) is 11.8. The topological polar surface area (TPSA) is 97.5 Å². The summed E-state index contributed by atoms with van der Waals surface area (Å²) in [6.45, 7) is 4.57. The number of fused-ring (bicyclic) bond motifs is 1. The van der Waals surface area contributed by atoms with E-state index < -0.39 is 5.91 Å². The van der Waals surface area contributed by atoms with Gasteiger partial charge in [-0.1, -0.05) is 18.2 Å². The Labute approximate surface area is 214 Å². The molecule has 0 unspecified atom stereocenters. The van der Waals surface area contributed by atoms with Gasteiger partial charge in [0, 0.05) is 39.7 Å². The summed E-state index contributed by atoms with van der Waals surface area (Å²) in [5.41, 5.74) is 7.62. The highest BCUT2D eigenvalue weighted by Crippen LogP contribution is 2.22. The highest BCUT2D eigenvalue weighted by atomic mass is 16.5. The van der Waals surface area contributed by atoms with Gasteiger partial charge in [0.1, 0.15) is 24.7 Å². The fourth-order valence-corrected chi connectivity index (χ4v) is 4.30. The third-order valence-electron chi connectivity index (χ3n) is 6.06. The third-order valence-corrected chi connectivity index (χ3v) is 6.06. The van der Waals surface area contributed by atoms with E-state index in [1.165, 1.54) is 11.4 Å². The van der Waals surface area contributed by atoms with Gasteiger partial charge in [-0.25, -0.2) is 5.43 Å². The van der Waals surface area contributed by atoms with Crippen molar-refractivity contribution in [1.29, 1.82) is 5.26 Å². The van der Waals surface area contributed by atoms with Crippen molar-refractivity contribution >= 4 is 23.0 Å². The summed E-state index contributed by atoms with van der Waals surface area (Å²) in [7, 11) is 0. The number of amides is 1. The average molecular weight is 492 g/mol. The molecule has 37 heavy (non-hydrogen) atoms. The summed E-state index contributed by atoms with van der Waals surface area (Å²) in [4.78, 5) is 12.5. The minimum absolute atomic E-state index is 0.136. The van der Waals surface area contributed by atoms with Gasteiger partial charge in [-0.15, -0.1) is 0 Å². The lowest BCUT2D eigenvalue weighted by Gasteiger charge is -2.10. The predicted octanol–water partition coefficient (Wildman–Crippen LogP) is 5.51. The Morgan fingerprint density at radius 1 is 1.05 bits per heavy atom. The number of ether oxygens (including phenoxy) is 1. The van der Waals surface area contributed by atoms with Gasteiger partial charge < -0.3 is 18.3 Å². The Balaban J connectivity index is 1.18. The molecule has 0 aliphatic heterocycles. The lowest BCUT2D eigenvalue weighted by Crippen LogP contribution is -2.16. The number of hydrogen-bond acceptors (Lipinski definition) is 5. The second kappa shape index (κ2) is 10.3. The molecule has 3 aromatic heterocycles. The Morgan fingerprint density at radius 2 is 1.81 bits per heavy atom. The molecule has 1 N–H and O–H groups in total. The zero-order valence-electron chi connectivity index (χ0n) is 20.5. The van der Waals surface area contributed by atoms with Gasteiger partial charge in [-0.3, -0.25) is 4.79 Å². The maximum Gasteiger partial charge on any atom is 0.307 e. The van der Waals surface area contributed by atoms with Crippen LogP contribution in [0.4, 0.5) is 0 Å². The van der Waals surface area contributed by atoms with Crippen LogP contribution in [0.3, 0.4) is 0 Å². The Bertz CT molecular complexity index is 1610. The molecular formula is C29H25N5O3. The van der Waals surface area contributed by atoms with E-state index in [0.29, 0.717) is 11.5 Å². The van der Waals surface area contributed by atoms with E-state index in [4.69, 9.17) is 14.4 Å². The first-order chi connectivity index (χ1) is 18.0. The number of rotatable bonds is 8. The zero-order chi connectivity index (χ0) is 25.8. The molecule has 5 rings (SSSR count). The summed E-state index contributed by atoms with van der Waals surface area (Å²) in [5, 5.41) is 14.1. The van der Waals surface area contributed by atoms with Crippen molar-refractivity contribution in [3.05, 3.63) is 107 Å². The molecule has 1 amide bonds. The largest absolute Gasteiger partial charge is 0.486 e. The monoisotopic (exact) mass is 491 g/mol. The molecule has 0 bridgehead atoms. The lowest BCUT2D eigenvalue weighted by molar-refractivity contribution is 0.0923. The third kappa shape index (κ3) is 5.02. The first-order valence-corrected chi connectivity index (χ1v) is 11.8. The van der Waals surface area contributed by atoms with Crippen molar-refractivity contribution in [1.82, 2.24) is 14.6 Å². The van der Waals surface area contributed by atoms with Crippen molar-refractivity contribution in [2.75, 3.05) is 0 Å². The second-order valence-electron chi connectivity index (χ2n) is 8.59. The first kappa shape index (κ1) is 23.7. The van der Waals surface area contributed by atoms with Gasteiger partial charge in [0.25, 0.3) is 0 Å². The predicted molar refractivity (Wildman–Crippen MR) is 141 cm³/mol. The maximum absolute atomic E-state index is 12.5. The molecule has 0 saturated carbocycles. The number of furan rings is 1. The summed E-state index contributed by atoms with van der Waals surface area (Å²) in [6.07, 6.45) is 3.39. The molecule has 5 aromatic rings. The lowest BCUT2D eigenvalue weighted by atomic mass is 10.2. The molecule has 0 saturated heterocycles. The Kier molecular flexibility index (Phi) is 6.60. The van der Waals surface area contributed by atoms with Crippen molar-refractivity contribution < 1.29 is 13.9 Å². The minimum Gasteiger partial charge on any atom is -0.486 e. The molecule has 0 atom stereocenters. The summed E-state index contributed by atoms with van der Waals surface area (Å²) >= 11 is 0. The highest BCUT2D eigenvalue weighted by Gasteiger charge is 2.12. The number of aryl methyl sites for hydroxylation is 2. The minimum atomic E-state index is -0.468. The smallest absolute Gasteiger partial charge is 0.307 e. The van der Waals surface area contributed by atoms with Crippen LogP contribution in [0.15, 0.2) is 88.5 Å². The van der Waals surface area contributed by atoms with E-state index in [2.05, 4.69) is 47.1 Å². The number of nitrogens with zero attached hydrogens (tertiary/aromatic N) is 4. The number of nitriles is 1. The van der Waals surface area contributed by atoms with Gasteiger partial charge in [-0.2, -0.15) is 10.4 Å². The second-order valence-corrected chi connectivity index (χ2v) is 8.59. The van der Waals surface area contributed by atoms with E-state index in [-0.39, 0.29) is 18.9 Å². The van der Waals surface area contributed by atoms with Crippen LogP contribution in [0, 0.1) is 25.2 Å². The summed E-state index contributed by atoms with van der Waals surface area (Å²) < 4.78 is 15.5. The van der Waals surface area contributed by atoms with E-state index in [1.807, 2.05) is 59.3 Å². The molecular weight excluding hydrogens is 466 g/mol. The average Bonchev–Trinajstić information content (AvgIpc) is 3.61. The highest BCUT2D eigenvalue weighted by molar-refractivity contribution is 6.00. The molecule has 184 valence electrons. The van der Waals surface area contributed by atoms with E-state index in [1.54, 1.807) is 18.3 Å². The van der Waals surface area contributed by atoms with E-state index in [9.17, 15) is 4.79 Å². The van der Waals surface area contributed by atoms with E-state index >= 15 is 0 Å². The van der Waals surface area contributed by atoms with Crippen LogP contribution in [0.5, 0.6) is 5.75 Å². The number of aromatic nitrogens is 2. The van der Waals surface area contributed by atoms with Gasteiger partial charge in [0.05, 0.1) is 12.3 Å². The molecule has 3 heterocycles. The SMILES string of the molecule is Cc1ccc(C)n1-c1ccc(OCc2ccc(C(=O)N/N=C/c3cn(CC#N)c4ccccc34)o2)cc1. The van der Waals surface area contributed by atoms with Gasteiger partial charge >= 0.3 is 5.91 Å². The molecule has 2 aromatic carbocycles. The molecule has 0 radical (unpaired) electrons. The number of carbonyl (C=O) groups is 1. The van der Waals surface area contributed by atoms with Gasteiger partial charge in [-0.05, 0) is 68.4 Å². The van der Waals surface area contributed by atoms with Gasteiger partial charge in [0.15, 0.2) is 5.76 Å². The van der Waals surface area contributed by atoms with E-state index in [0.717, 1.165) is 22.2 Å². The summed E-state index contributed by atoms with van der Waals surface area (Å²) in [5.74, 6) is 0.894.